The molecule has 1 atom stereocenters. The average molecular weight is 211 g/mol. The summed E-state index contributed by atoms with van der Waals surface area (Å²) in [5, 5.41) is 3.82. The van der Waals surface area contributed by atoms with Gasteiger partial charge in [-0.15, -0.1) is 0 Å². The van der Waals surface area contributed by atoms with Crippen molar-refractivity contribution < 1.29 is 14.1 Å². The number of carbonyl (C=O) groups is 1. The van der Waals surface area contributed by atoms with Crippen LogP contribution in [0.5, 0.6) is 0 Å². The molecule has 1 aromatic heterocycles. The summed E-state index contributed by atoms with van der Waals surface area (Å²) in [6, 6.07) is -0.139. The maximum absolute atomic E-state index is 11.5. The Morgan fingerprint density at radius 2 is 2.53 bits per heavy atom. The largest absolute Gasteiger partial charge is 0.450 e. The number of ether oxygens (including phenoxy) is 1. The van der Waals surface area contributed by atoms with Gasteiger partial charge in [0.05, 0.1) is 24.8 Å². The summed E-state index contributed by atoms with van der Waals surface area (Å²) in [4.78, 5) is 13.1. The van der Waals surface area contributed by atoms with Gasteiger partial charge in [0, 0.05) is 0 Å². The highest BCUT2D eigenvalue weighted by atomic mass is 16.6. The Kier molecular flexibility index (Phi) is 2.26. The zero-order valence-electron chi connectivity index (χ0n) is 8.69. The van der Waals surface area contributed by atoms with Crippen molar-refractivity contribution in [2.24, 2.45) is 0 Å². The lowest BCUT2D eigenvalue weighted by atomic mass is 10.2. The lowest BCUT2D eigenvalue weighted by Gasteiger charge is -2.20. The van der Waals surface area contributed by atoms with Crippen LogP contribution >= 0.6 is 0 Å². The fraction of sp³-hybridized carbons (Fsp3) is 0.556. The van der Waals surface area contributed by atoms with E-state index in [1.807, 2.05) is 6.92 Å². The number of amides is 1. The lowest BCUT2D eigenvalue weighted by molar-refractivity contribution is 0.0946. The van der Waals surface area contributed by atoms with Crippen molar-refractivity contribution in [1.82, 2.24) is 10.1 Å². The lowest BCUT2D eigenvalue weighted by Crippen LogP contribution is -2.29. The molecule has 2 rings (SSSR count). The molecule has 6 nitrogen and oxygen atoms in total. The van der Waals surface area contributed by atoms with Gasteiger partial charge in [-0.3, -0.25) is 4.90 Å². The first kappa shape index (κ1) is 9.82. The second kappa shape index (κ2) is 3.45. The van der Waals surface area contributed by atoms with Crippen LogP contribution in [0.3, 0.4) is 0 Å². The smallest absolute Gasteiger partial charge is 0.410 e. The number of rotatable bonds is 1. The second-order valence-corrected chi connectivity index (χ2v) is 3.41. The van der Waals surface area contributed by atoms with E-state index in [1.165, 1.54) is 0 Å². The minimum absolute atomic E-state index is 0.139. The molecule has 1 unspecified atom stereocenters. The fourth-order valence-electron chi connectivity index (χ4n) is 1.71. The normalized spacial score (nSPS) is 19.1. The number of fused-ring (bicyclic) bond motifs is 1. The summed E-state index contributed by atoms with van der Waals surface area (Å²) in [7, 11) is 0. The van der Waals surface area contributed by atoms with E-state index in [-0.39, 0.29) is 18.0 Å². The molecule has 0 saturated carbocycles. The van der Waals surface area contributed by atoms with Crippen LogP contribution in [-0.2, 0) is 11.3 Å². The maximum atomic E-state index is 11.5. The molecule has 0 fully saturated rings. The van der Waals surface area contributed by atoms with Gasteiger partial charge in [-0.2, -0.15) is 0 Å². The van der Waals surface area contributed by atoms with Crippen LogP contribution in [0.25, 0.3) is 0 Å². The SMILES string of the molecule is CCOC(=O)N1Cc2c(noc2N)C1C. The van der Waals surface area contributed by atoms with Gasteiger partial charge in [0.15, 0.2) is 0 Å². The van der Waals surface area contributed by atoms with Crippen LogP contribution in [0.1, 0.15) is 31.1 Å². The van der Waals surface area contributed by atoms with E-state index >= 15 is 0 Å². The van der Waals surface area contributed by atoms with Crippen molar-refractivity contribution in [2.75, 3.05) is 12.3 Å². The molecule has 1 aromatic rings. The quantitative estimate of drug-likeness (QED) is 0.756. The standard InChI is InChI=1S/C9H13N3O3/c1-3-14-9(13)12-4-6-7(5(12)2)11-15-8(6)10/h5H,3-4,10H2,1-2H3. The summed E-state index contributed by atoms with van der Waals surface area (Å²) in [5.74, 6) is 0.281. The Balaban J connectivity index is 2.19. The molecule has 1 amide bonds. The molecule has 6 heteroatoms. The first-order valence-electron chi connectivity index (χ1n) is 4.82. The van der Waals surface area contributed by atoms with Gasteiger partial charge in [-0.1, -0.05) is 5.16 Å². The highest BCUT2D eigenvalue weighted by molar-refractivity contribution is 5.70. The maximum Gasteiger partial charge on any atom is 0.410 e. The Hall–Kier alpha value is -1.72. The Bertz CT molecular complexity index is 388. The monoisotopic (exact) mass is 211 g/mol. The zero-order chi connectivity index (χ0) is 11.0. The van der Waals surface area contributed by atoms with Gasteiger partial charge in [0.1, 0.15) is 5.69 Å². The summed E-state index contributed by atoms with van der Waals surface area (Å²) >= 11 is 0. The van der Waals surface area contributed by atoms with E-state index in [9.17, 15) is 4.79 Å². The zero-order valence-corrected chi connectivity index (χ0v) is 8.69. The molecule has 2 heterocycles. The number of nitrogens with zero attached hydrogens (tertiary/aromatic N) is 2. The van der Waals surface area contributed by atoms with Gasteiger partial charge in [0.2, 0.25) is 5.88 Å². The van der Waals surface area contributed by atoms with Crippen LogP contribution in [-0.4, -0.2) is 22.8 Å². The molecule has 82 valence electrons. The van der Waals surface area contributed by atoms with E-state index in [4.69, 9.17) is 15.0 Å². The van der Waals surface area contributed by atoms with Crippen molar-refractivity contribution in [3.63, 3.8) is 0 Å². The van der Waals surface area contributed by atoms with Crippen molar-refractivity contribution in [1.29, 1.82) is 0 Å². The van der Waals surface area contributed by atoms with Gasteiger partial charge in [-0.25, -0.2) is 4.79 Å². The Morgan fingerprint density at radius 1 is 1.80 bits per heavy atom. The molecule has 0 bridgehead atoms. The fourth-order valence-corrected chi connectivity index (χ4v) is 1.71. The summed E-state index contributed by atoms with van der Waals surface area (Å²) in [6.45, 7) is 4.41. The third kappa shape index (κ3) is 1.42. The molecule has 2 N–H and O–H groups in total. The Labute approximate surface area is 87.0 Å². The summed E-state index contributed by atoms with van der Waals surface area (Å²) in [6.07, 6.45) is -0.345. The Morgan fingerprint density at radius 3 is 3.13 bits per heavy atom. The minimum Gasteiger partial charge on any atom is -0.450 e. The van der Waals surface area contributed by atoms with E-state index in [2.05, 4.69) is 5.16 Å². The first-order chi connectivity index (χ1) is 7.15. The number of nitrogens with two attached hydrogens (primary N) is 1. The van der Waals surface area contributed by atoms with E-state index < -0.39 is 0 Å². The predicted molar refractivity (Wildman–Crippen MR) is 51.9 cm³/mol. The van der Waals surface area contributed by atoms with Crippen LogP contribution in [0, 0.1) is 0 Å². The third-order valence-corrected chi connectivity index (χ3v) is 2.54. The molecule has 0 aliphatic carbocycles. The van der Waals surface area contributed by atoms with Gasteiger partial charge < -0.3 is 15.0 Å². The van der Waals surface area contributed by atoms with E-state index in [0.29, 0.717) is 13.2 Å². The van der Waals surface area contributed by atoms with Crippen molar-refractivity contribution >= 4 is 12.0 Å². The number of hydrogen-bond acceptors (Lipinski definition) is 5. The van der Waals surface area contributed by atoms with E-state index in [1.54, 1.807) is 11.8 Å². The van der Waals surface area contributed by atoms with Gasteiger partial charge >= 0.3 is 6.09 Å². The molecule has 15 heavy (non-hydrogen) atoms. The predicted octanol–water partition coefficient (Wildman–Crippen LogP) is 1.29. The molecule has 0 aromatic carbocycles. The van der Waals surface area contributed by atoms with Crippen LogP contribution in [0.4, 0.5) is 10.7 Å². The highest BCUT2D eigenvalue weighted by Gasteiger charge is 2.36. The van der Waals surface area contributed by atoms with Crippen molar-refractivity contribution in [3.8, 4) is 0 Å². The van der Waals surface area contributed by atoms with E-state index in [0.717, 1.165) is 11.3 Å². The number of hydrogen-bond donors (Lipinski definition) is 1. The van der Waals surface area contributed by atoms with Crippen molar-refractivity contribution in [2.45, 2.75) is 26.4 Å². The summed E-state index contributed by atoms with van der Waals surface area (Å²) in [5.41, 5.74) is 7.09. The molecule has 0 radical (unpaired) electrons. The summed E-state index contributed by atoms with van der Waals surface area (Å²) < 4.78 is 9.77. The molecular formula is C9H13N3O3. The minimum atomic E-state index is -0.345. The highest BCUT2D eigenvalue weighted by Crippen LogP contribution is 2.35. The molecule has 1 aliphatic heterocycles. The first-order valence-corrected chi connectivity index (χ1v) is 4.82. The average Bonchev–Trinajstić information content (AvgIpc) is 2.70. The number of aromatic nitrogens is 1. The number of anilines is 1. The molecule has 1 aliphatic rings. The molecule has 0 saturated heterocycles. The third-order valence-electron chi connectivity index (χ3n) is 2.54. The van der Waals surface area contributed by atoms with Crippen LogP contribution in [0.15, 0.2) is 4.52 Å². The van der Waals surface area contributed by atoms with Crippen molar-refractivity contribution in [3.05, 3.63) is 11.3 Å². The topological polar surface area (TPSA) is 81.6 Å². The van der Waals surface area contributed by atoms with Gasteiger partial charge in [0.25, 0.3) is 0 Å². The number of nitrogen functional groups attached to an aromatic ring is 1. The second-order valence-electron chi connectivity index (χ2n) is 3.41. The number of carbonyl (C=O) groups excluding carboxylic acids is 1. The van der Waals surface area contributed by atoms with Crippen LogP contribution in [0.2, 0.25) is 0 Å². The molecular weight excluding hydrogens is 198 g/mol. The van der Waals surface area contributed by atoms with Gasteiger partial charge in [-0.05, 0) is 13.8 Å². The molecule has 0 spiro atoms. The van der Waals surface area contributed by atoms with Crippen LogP contribution < -0.4 is 5.73 Å².